The lowest BCUT2D eigenvalue weighted by molar-refractivity contribution is -0.343. The van der Waals surface area contributed by atoms with Crippen LogP contribution >= 0.6 is 0 Å². The third kappa shape index (κ3) is 2.87. The highest BCUT2D eigenvalue weighted by Crippen LogP contribution is 2.17. The highest BCUT2D eigenvalue weighted by atomic mass is 17.2. The lowest BCUT2D eigenvalue weighted by atomic mass is 10.1. The maximum absolute atomic E-state index is 5.04. The zero-order valence-electron chi connectivity index (χ0n) is 6.71. The Bertz CT molecular complexity index is 146. The van der Waals surface area contributed by atoms with Crippen molar-refractivity contribution < 1.29 is 9.78 Å². The van der Waals surface area contributed by atoms with Gasteiger partial charge in [0.25, 0.3) is 0 Å². The lowest BCUT2D eigenvalue weighted by Crippen LogP contribution is -2.20. The van der Waals surface area contributed by atoms with Gasteiger partial charge in [-0.25, -0.2) is 9.78 Å². The van der Waals surface area contributed by atoms with E-state index >= 15 is 0 Å². The van der Waals surface area contributed by atoms with E-state index in [1.54, 1.807) is 6.08 Å². The molecule has 2 heteroatoms. The molecule has 0 bridgehead atoms. The van der Waals surface area contributed by atoms with E-state index in [0.29, 0.717) is 0 Å². The summed E-state index contributed by atoms with van der Waals surface area (Å²) in [6.07, 6.45) is 4.93. The molecule has 0 aromatic heterocycles. The quantitative estimate of drug-likeness (QED) is 0.458. The zero-order valence-corrected chi connectivity index (χ0v) is 6.71. The molecule has 2 nitrogen and oxygen atoms in total. The number of hydrogen-bond acceptors (Lipinski definition) is 2. The summed E-state index contributed by atoms with van der Waals surface area (Å²) in [7, 11) is 0. The molecule has 1 rings (SSSR count). The second-order valence-electron chi connectivity index (χ2n) is 2.75. The van der Waals surface area contributed by atoms with Gasteiger partial charge in [-0.15, -0.1) is 0 Å². The van der Waals surface area contributed by atoms with Crippen molar-refractivity contribution in [3.8, 4) is 0 Å². The molecule has 0 aliphatic carbocycles. The van der Waals surface area contributed by atoms with E-state index in [1.807, 2.05) is 0 Å². The average Bonchev–Trinajstić information content (AvgIpc) is 2.06. The Hall–Kier alpha value is -0.600. The van der Waals surface area contributed by atoms with Gasteiger partial charge < -0.3 is 0 Å². The smallest absolute Gasteiger partial charge is 0.0970 e. The summed E-state index contributed by atoms with van der Waals surface area (Å²) in [6.45, 7) is 8.16. The molecule has 1 unspecified atom stereocenters. The van der Waals surface area contributed by atoms with Crippen molar-refractivity contribution >= 4 is 0 Å². The van der Waals surface area contributed by atoms with E-state index in [0.717, 1.165) is 31.4 Å². The minimum Gasteiger partial charge on any atom is -0.236 e. The second-order valence-corrected chi connectivity index (χ2v) is 2.75. The summed E-state index contributed by atoms with van der Waals surface area (Å²) in [5, 5.41) is 0. The standard InChI is InChI=1S/C9H14O2/c1-3-8(2)7-9-5-4-6-10-11-9/h3,9H,1-2,4-7H2. The summed E-state index contributed by atoms with van der Waals surface area (Å²) in [6, 6.07) is 0. The second kappa shape index (κ2) is 4.31. The van der Waals surface area contributed by atoms with Gasteiger partial charge in [0.2, 0.25) is 0 Å². The number of hydrogen-bond donors (Lipinski definition) is 0. The summed E-state index contributed by atoms with van der Waals surface area (Å²) in [5.74, 6) is 0. The van der Waals surface area contributed by atoms with Crippen molar-refractivity contribution in [2.75, 3.05) is 6.61 Å². The zero-order chi connectivity index (χ0) is 8.10. The third-order valence-corrected chi connectivity index (χ3v) is 1.74. The van der Waals surface area contributed by atoms with E-state index < -0.39 is 0 Å². The van der Waals surface area contributed by atoms with Gasteiger partial charge in [-0.05, 0) is 12.8 Å². The summed E-state index contributed by atoms with van der Waals surface area (Å²) in [5.41, 5.74) is 1.01. The predicted octanol–water partition coefficient (Wildman–Crippen LogP) is 2.23. The Morgan fingerprint density at radius 3 is 3.00 bits per heavy atom. The van der Waals surface area contributed by atoms with Crippen LogP contribution in [0.25, 0.3) is 0 Å². The van der Waals surface area contributed by atoms with E-state index in [9.17, 15) is 0 Å². The Kier molecular flexibility index (Phi) is 3.33. The molecular formula is C9H14O2. The molecule has 0 radical (unpaired) electrons. The molecule has 1 heterocycles. The Labute approximate surface area is 67.4 Å². The summed E-state index contributed by atoms with van der Waals surface area (Å²) in [4.78, 5) is 9.89. The molecular weight excluding hydrogens is 140 g/mol. The van der Waals surface area contributed by atoms with Crippen LogP contribution in [-0.4, -0.2) is 12.7 Å². The predicted molar refractivity (Wildman–Crippen MR) is 44.0 cm³/mol. The molecule has 1 atom stereocenters. The summed E-state index contributed by atoms with van der Waals surface area (Å²) >= 11 is 0. The van der Waals surface area contributed by atoms with Gasteiger partial charge in [0.15, 0.2) is 0 Å². The van der Waals surface area contributed by atoms with Crippen molar-refractivity contribution in [2.45, 2.75) is 25.4 Å². The average molecular weight is 154 g/mol. The molecule has 11 heavy (non-hydrogen) atoms. The highest BCUT2D eigenvalue weighted by molar-refractivity contribution is 5.11. The maximum Gasteiger partial charge on any atom is 0.0970 e. The molecule has 0 amide bonds. The van der Waals surface area contributed by atoms with Crippen molar-refractivity contribution in [2.24, 2.45) is 0 Å². The topological polar surface area (TPSA) is 18.5 Å². The molecule has 1 fully saturated rings. The molecule has 62 valence electrons. The van der Waals surface area contributed by atoms with Crippen LogP contribution in [0.15, 0.2) is 24.8 Å². The van der Waals surface area contributed by atoms with Crippen molar-refractivity contribution in [3.05, 3.63) is 24.8 Å². The van der Waals surface area contributed by atoms with Crippen LogP contribution in [0.2, 0.25) is 0 Å². The van der Waals surface area contributed by atoms with Gasteiger partial charge >= 0.3 is 0 Å². The molecule has 1 aliphatic rings. The lowest BCUT2D eigenvalue weighted by Gasteiger charge is -2.20. The van der Waals surface area contributed by atoms with Gasteiger partial charge in [-0.3, -0.25) is 0 Å². The molecule has 1 aliphatic heterocycles. The van der Waals surface area contributed by atoms with Crippen molar-refractivity contribution in [1.82, 2.24) is 0 Å². The van der Waals surface area contributed by atoms with Gasteiger partial charge in [-0.1, -0.05) is 24.8 Å². The number of rotatable bonds is 3. The van der Waals surface area contributed by atoms with Gasteiger partial charge in [0.1, 0.15) is 0 Å². The van der Waals surface area contributed by atoms with Gasteiger partial charge in [-0.2, -0.15) is 0 Å². The maximum atomic E-state index is 5.04. The van der Waals surface area contributed by atoms with Crippen LogP contribution in [-0.2, 0) is 9.78 Å². The molecule has 0 aromatic rings. The van der Waals surface area contributed by atoms with Crippen molar-refractivity contribution in [1.29, 1.82) is 0 Å². The highest BCUT2D eigenvalue weighted by Gasteiger charge is 2.14. The fourth-order valence-corrected chi connectivity index (χ4v) is 1.07. The molecule has 1 saturated heterocycles. The summed E-state index contributed by atoms with van der Waals surface area (Å²) < 4.78 is 0. The van der Waals surface area contributed by atoms with Crippen LogP contribution in [0.1, 0.15) is 19.3 Å². The van der Waals surface area contributed by atoms with Crippen LogP contribution in [0, 0.1) is 0 Å². The fourth-order valence-electron chi connectivity index (χ4n) is 1.07. The molecule has 0 N–H and O–H groups in total. The molecule has 0 spiro atoms. The normalized spacial score (nSPS) is 24.5. The fraction of sp³-hybridized carbons (Fsp3) is 0.556. The molecule has 0 saturated carbocycles. The Morgan fingerprint density at radius 1 is 1.64 bits per heavy atom. The minimum atomic E-state index is 0.189. The first-order chi connectivity index (χ1) is 5.33. The van der Waals surface area contributed by atoms with E-state index in [2.05, 4.69) is 13.2 Å². The third-order valence-electron chi connectivity index (χ3n) is 1.74. The number of allylic oxidation sites excluding steroid dienone is 1. The van der Waals surface area contributed by atoms with Crippen LogP contribution in [0.3, 0.4) is 0 Å². The van der Waals surface area contributed by atoms with E-state index in [-0.39, 0.29) is 6.10 Å². The van der Waals surface area contributed by atoms with Crippen LogP contribution < -0.4 is 0 Å². The minimum absolute atomic E-state index is 0.189. The Balaban J connectivity index is 2.24. The van der Waals surface area contributed by atoms with E-state index in [4.69, 9.17) is 9.78 Å². The SMILES string of the molecule is C=CC(=C)CC1CCCOO1. The first-order valence-corrected chi connectivity index (χ1v) is 3.91. The largest absolute Gasteiger partial charge is 0.236 e. The van der Waals surface area contributed by atoms with E-state index in [1.165, 1.54) is 0 Å². The van der Waals surface area contributed by atoms with Gasteiger partial charge in [0, 0.05) is 6.42 Å². The van der Waals surface area contributed by atoms with Gasteiger partial charge in [0.05, 0.1) is 12.7 Å². The monoisotopic (exact) mass is 154 g/mol. The molecule has 0 aromatic carbocycles. The Morgan fingerprint density at radius 2 is 2.45 bits per heavy atom. The first kappa shape index (κ1) is 8.50. The van der Waals surface area contributed by atoms with Crippen LogP contribution in [0.5, 0.6) is 0 Å². The first-order valence-electron chi connectivity index (χ1n) is 3.91. The van der Waals surface area contributed by atoms with Crippen molar-refractivity contribution in [3.63, 3.8) is 0 Å². The van der Waals surface area contributed by atoms with Crippen LogP contribution in [0.4, 0.5) is 0 Å².